The molecule has 5 nitrogen and oxygen atoms in total. The van der Waals surface area contributed by atoms with Gasteiger partial charge in [0.05, 0.1) is 6.04 Å². The molecule has 23 heavy (non-hydrogen) atoms. The van der Waals surface area contributed by atoms with Gasteiger partial charge in [0.15, 0.2) is 0 Å². The van der Waals surface area contributed by atoms with Gasteiger partial charge >= 0.3 is 6.03 Å². The number of carbonyl (C=O) groups excluding carboxylic acids is 2. The molecule has 0 saturated heterocycles. The highest BCUT2D eigenvalue weighted by Gasteiger charge is 2.15. The Hall–Kier alpha value is -2.82. The van der Waals surface area contributed by atoms with E-state index in [9.17, 15) is 9.59 Å². The molecule has 0 aliphatic heterocycles. The summed E-state index contributed by atoms with van der Waals surface area (Å²) in [6, 6.07) is 19.3. The molecule has 0 atom stereocenters. The van der Waals surface area contributed by atoms with Crippen LogP contribution in [0.3, 0.4) is 0 Å². The van der Waals surface area contributed by atoms with Gasteiger partial charge in [-0.2, -0.15) is 0 Å². The van der Waals surface area contributed by atoms with Crippen molar-refractivity contribution in [1.29, 1.82) is 0 Å². The van der Waals surface area contributed by atoms with Crippen LogP contribution >= 0.6 is 0 Å². The van der Waals surface area contributed by atoms with E-state index in [0.29, 0.717) is 25.9 Å². The summed E-state index contributed by atoms with van der Waals surface area (Å²) in [5.74, 6) is 0. The summed E-state index contributed by atoms with van der Waals surface area (Å²) >= 11 is 0. The summed E-state index contributed by atoms with van der Waals surface area (Å²) in [4.78, 5) is 22.3. The number of hydrogen-bond acceptors (Lipinski definition) is 2. The molecule has 2 aromatic rings. The van der Waals surface area contributed by atoms with Gasteiger partial charge in [0, 0.05) is 13.1 Å². The first-order valence-electron chi connectivity index (χ1n) is 7.62. The summed E-state index contributed by atoms with van der Waals surface area (Å²) in [5, 5.41) is 8.37. The zero-order chi connectivity index (χ0) is 16.3. The van der Waals surface area contributed by atoms with Crippen LogP contribution in [0.15, 0.2) is 60.7 Å². The Kier molecular flexibility index (Phi) is 6.65. The minimum Gasteiger partial charge on any atom is -0.359 e. The van der Waals surface area contributed by atoms with Gasteiger partial charge in [-0.15, -0.1) is 0 Å². The molecule has 0 unspecified atom stereocenters. The molecule has 0 spiro atoms. The van der Waals surface area contributed by atoms with Crippen molar-refractivity contribution in [3.63, 3.8) is 0 Å². The van der Waals surface area contributed by atoms with E-state index in [1.54, 1.807) is 0 Å². The van der Waals surface area contributed by atoms with E-state index in [1.165, 1.54) is 0 Å². The van der Waals surface area contributed by atoms with E-state index < -0.39 is 0 Å². The molecule has 0 aromatic heterocycles. The van der Waals surface area contributed by atoms with Crippen LogP contribution in [-0.4, -0.2) is 25.5 Å². The third-order valence-corrected chi connectivity index (χ3v) is 3.41. The summed E-state index contributed by atoms with van der Waals surface area (Å²) in [6.45, 7) is 1.05. The maximum atomic E-state index is 12.1. The third-order valence-electron chi connectivity index (χ3n) is 3.41. The lowest BCUT2D eigenvalue weighted by Crippen LogP contribution is -2.39. The summed E-state index contributed by atoms with van der Waals surface area (Å²) in [7, 11) is 0. The maximum absolute atomic E-state index is 12.1. The van der Waals surface area contributed by atoms with Crippen LogP contribution in [0.25, 0.3) is 0 Å². The molecule has 120 valence electrons. The highest BCUT2D eigenvalue weighted by Crippen LogP contribution is 2.21. The Bertz CT molecular complexity index is 563. The maximum Gasteiger partial charge on any atom is 0.315 e. The topological polar surface area (TPSA) is 70.2 Å². The Morgan fingerprint density at radius 2 is 1.48 bits per heavy atom. The molecule has 3 N–H and O–H groups in total. The number of rotatable bonds is 8. The average molecular weight is 311 g/mol. The van der Waals surface area contributed by atoms with Crippen LogP contribution in [0.1, 0.15) is 23.6 Å². The van der Waals surface area contributed by atoms with Crippen LogP contribution < -0.4 is 16.0 Å². The second-order valence-electron chi connectivity index (χ2n) is 5.08. The number of hydrogen-bond donors (Lipinski definition) is 3. The first-order chi connectivity index (χ1) is 11.3. The lowest BCUT2D eigenvalue weighted by molar-refractivity contribution is -0.109. The predicted octanol–water partition coefficient (Wildman–Crippen LogP) is 2.21. The van der Waals surface area contributed by atoms with Gasteiger partial charge in [0.1, 0.15) is 0 Å². The lowest BCUT2D eigenvalue weighted by Gasteiger charge is -2.20. The van der Waals surface area contributed by atoms with Gasteiger partial charge in [0.2, 0.25) is 6.41 Å². The molecular formula is C18H21N3O2. The Morgan fingerprint density at radius 3 is 2.00 bits per heavy atom. The molecule has 0 fully saturated rings. The number of benzene rings is 2. The van der Waals surface area contributed by atoms with Gasteiger partial charge in [-0.25, -0.2) is 4.79 Å². The Balaban J connectivity index is 1.98. The van der Waals surface area contributed by atoms with E-state index in [4.69, 9.17) is 0 Å². The lowest BCUT2D eigenvalue weighted by atomic mass is 9.99. The number of urea groups is 1. The Labute approximate surface area is 136 Å². The fourth-order valence-electron chi connectivity index (χ4n) is 2.28. The van der Waals surface area contributed by atoms with Crippen molar-refractivity contribution in [2.75, 3.05) is 13.1 Å². The fourth-order valence-corrected chi connectivity index (χ4v) is 2.28. The first kappa shape index (κ1) is 16.5. The molecule has 2 rings (SSSR count). The third kappa shape index (κ3) is 5.47. The molecule has 3 amide bonds. The molecule has 0 aliphatic rings. The minimum absolute atomic E-state index is 0.203. The van der Waals surface area contributed by atoms with Crippen LogP contribution in [0.5, 0.6) is 0 Å². The standard InChI is InChI=1S/C18H21N3O2/c22-14-19-12-7-13-20-18(23)21-17(15-8-3-1-4-9-15)16-10-5-2-6-11-16/h1-6,8-11,14,17H,7,12-13H2,(H,19,22)(H2,20,21,23). The second-order valence-corrected chi connectivity index (χ2v) is 5.08. The number of amides is 3. The molecule has 0 saturated carbocycles. The highest BCUT2D eigenvalue weighted by molar-refractivity contribution is 5.75. The monoisotopic (exact) mass is 311 g/mol. The van der Waals surface area contributed by atoms with Crippen LogP contribution in [0.4, 0.5) is 4.79 Å². The minimum atomic E-state index is -0.228. The zero-order valence-corrected chi connectivity index (χ0v) is 12.9. The fraction of sp³-hybridized carbons (Fsp3) is 0.222. The van der Waals surface area contributed by atoms with Crippen LogP contribution in [0.2, 0.25) is 0 Å². The van der Waals surface area contributed by atoms with Gasteiger partial charge in [-0.3, -0.25) is 4.79 Å². The molecule has 0 heterocycles. The van der Waals surface area contributed by atoms with Crippen molar-refractivity contribution in [3.8, 4) is 0 Å². The first-order valence-corrected chi connectivity index (χ1v) is 7.62. The van der Waals surface area contributed by atoms with Crippen molar-refractivity contribution >= 4 is 12.4 Å². The molecule has 0 radical (unpaired) electrons. The van der Waals surface area contributed by atoms with Crippen molar-refractivity contribution in [2.45, 2.75) is 12.5 Å². The number of nitrogens with one attached hydrogen (secondary N) is 3. The normalized spacial score (nSPS) is 10.1. The number of carbonyl (C=O) groups is 2. The van der Waals surface area contributed by atoms with Gasteiger partial charge in [0.25, 0.3) is 0 Å². The molecule has 0 bridgehead atoms. The zero-order valence-electron chi connectivity index (χ0n) is 12.9. The van der Waals surface area contributed by atoms with E-state index >= 15 is 0 Å². The smallest absolute Gasteiger partial charge is 0.315 e. The van der Waals surface area contributed by atoms with Crippen molar-refractivity contribution in [2.24, 2.45) is 0 Å². The van der Waals surface area contributed by atoms with Gasteiger partial charge in [-0.05, 0) is 17.5 Å². The van der Waals surface area contributed by atoms with Crippen LogP contribution in [0, 0.1) is 0 Å². The van der Waals surface area contributed by atoms with E-state index in [2.05, 4.69) is 16.0 Å². The largest absolute Gasteiger partial charge is 0.359 e. The van der Waals surface area contributed by atoms with E-state index in [1.807, 2.05) is 60.7 Å². The predicted molar refractivity (Wildman–Crippen MR) is 89.9 cm³/mol. The summed E-state index contributed by atoms with van der Waals surface area (Å²) in [5.41, 5.74) is 2.05. The SMILES string of the molecule is O=CNCCCNC(=O)NC(c1ccccc1)c1ccccc1. The molecular weight excluding hydrogens is 290 g/mol. The van der Waals surface area contributed by atoms with Gasteiger partial charge in [-0.1, -0.05) is 60.7 Å². The van der Waals surface area contributed by atoms with Crippen molar-refractivity contribution in [1.82, 2.24) is 16.0 Å². The molecule has 5 heteroatoms. The highest BCUT2D eigenvalue weighted by atomic mass is 16.2. The van der Waals surface area contributed by atoms with Crippen molar-refractivity contribution in [3.05, 3.63) is 71.8 Å². The summed E-state index contributed by atoms with van der Waals surface area (Å²) < 4.78 is 0. The Morgan fingerprint density at radius 1 is 0.913 bits per heavy atom. The quantitative estimate of drug-likeness (QED) is 0.517. The summed E-state index contributed by atoms with van der Waals surface area (Å²) in [6.07, 6.45) is 1.34. The van der Waals surface area contributed by atoms with E-state index in [-0.39, 0.29) is 12.1 Å². The van der Waals surface area contributed by atoms with Gasteiger partial charge < -0.3 is 16.0 Å². The van der Waals surface area contributed by atoms with Crippen LogP contribution in [-0.2, 0) is 4.79 Å². The van der Waals surface area contributed by atoms with Crippen molar-refractivity contribution < 1.29 is 9.59 Å². The average Bonchev–Trinajstić information content (AvgIpc) is 2.61. The van der Waals surface area contributed by atoms with E-state index in [0.717, 1.165) is 11.1 Å². The second kappa shape index (κ2) is 9.25. The molecule has 0 aliphatic carbocycles. The molecule has 2 aromatic carbocycles.